The van der Waals surface area contributed by atoms with E-state index in [0.717, 1.165) is 22.3 Å². The van der Waals surface area contributed by atoms with Gasteiger partial charge in [-0.2, -0.15) is 0 Å². The average molecular weight is 239 g/mol. The molecule has 0 aliphatic carbocycles. The molecular weight excluding hydrogens is 228 g/mol. The van der Waals surface area contributed by atoms with Crippen LogP contribution in [0, 0.1) is 6.07 Å². The molecule has 0 fully saturated rings. The molecule has 0 spiro atoms. The Balaban J connectivity index is 1.74. The molecule has 3 aromatic rings. The van der Waals surface area contributed by atoms with Crippen molar-refractivity contribution in [2.75, 3.05) is 6.61 Å². The minimum atomic E-state index is 0.515. The summed E-state index contributed by atoms with van der Waals surface area (Å²) in [5.41, 5.74) is 0. The van der Waals surface area contributed by atoms with Crippen LogP contribution in [-0.4, -0.2) is 27.2 Å². The quantitative estimate of drug-likeness (QED) is 0.753. The number of nitrogens with one attached hydrogen (secondary N) is 1. The average Bonchev–Trinajstić information content (AvgIpc) is 2.92. The second-order valence-electron chi connectivity index (χ2n) is 3.84. The van der Waals surface area contributed by atoms with E-state index in [4.69, 9.17) is 4.74 Å². The number of rotatable bonds is 4. The minimum Gasteiger partial charge on any atom is -0.492 e. The fourth-order valence-corrected chi connectivity index (χ4v) is 1.79. The molecular formula is C13H11N4O. The van der Waals surface area contributed by atoms with Crippen molar-refractivity contribution in [3.63, 3.8) is 0 Å². The third kappa shape index (κ3) is 2.15. The van der Waals surface area contributed by atoms with Crippen LogP contribution < -0.4 is 4.74 Å². The number of hydrogen-bond donors (Lipinski definition) is 1. The van der Waals surface area contributed by atoms with Gasteiger partial charge in [-0.15, -0.1) is 5.10 Å². The Bertz CT molecular complexity index is 631. The minimum absolute atomic E-state index is 0.515. The topological polar surface area (TPSA) is 63.7 Å². The maximum Gasteiger partial charge on any atom is 0.151 e. The molecule has 2 aromatic carbocycles. The first-order valence-corrected chi connectivity index (χ1v) is 5.68. The number of ether oxygens (including phenoxy) is 1. The molecule has 0 aliphatic rings. The molecule has 3 rings (SSSR count). The molecule has 18 heavy (non-hydrogen) atoms. The Hall–Kier alpha value is -2.43. The number of aromatic amines is 1. The predicted octanol–water partition coefficient (Wildman–Crippen LogP) is 1.77. The zero-order valence-corrected chi connectivity index (χ0v) is 9.63. The molecule has 0 unspecified atom stereocenters. The summed E-state index contributed by atoms with van der Waals surface area (Å²) in [5, 5.41) is 15.7. The number of hydrogen-bond acceptors (Lipinski definition) is 4. The Morgan fingerprint density at radius 2 is 2.17 bits per heavy atom. The Labute approximate surface area is 104 Å². The van der Waals surface area contributed by atoms with Gasteiger partial charge in [-0.3, -0.25) is 0 Å². The summed E-state index contributed by atoms with van der Waals surface area (Å²) in [4.78, 5) is 0. The standard InChI is InChI=1S/C13H11N4O/c1-2-6-11-10(4-1)5-3-7-12(11)18-9-8-13-14-16-17-15-13/h1-6H,8-9H2,(H,14,15,16,17). The van der Waals surface area contributed by atoms with Crippen LogP contribution in [0.1, 0.15) is 5.82 Å². The van der Waals surface area contributed by atoms with E-state index in [1.807, 2.05) is 30.3 Å². The number of aromatic nitrogens is 4. The van der Waals surface area contributed by atoms with Gasteiger partial charge >= 0.3 is 0 Å². The zero-order valence-electron chi connectivity index (χ0n) is 9.63. The van der Waals surface area contributed by atoms with E-state index >= 15 is 0 Å². The molecule has 0 bridgehead atoms. The van der Waals surface area contributed by atoms with Gasteiger partial charge in [-0.25, -0.2) is 5.10 Å². The Morgan fingerprint density at radius 3 is 3.06 bits per heavy atom. The van der Waals surface area contributed by atoms with Crippen LogP contribution in [0.4, 0.5) is 0 Å². The number of fused-ring (bicyclic) bond motifs is 1. The van der Waals surface area contributed by atoms with Crippen molar-refractivity contribution in [1.82, 2.24) is 20.6 Å². The molecule has 0 aliphatic heterocycles. The van der Waals surface area contributed by atoms with E-state index in [1.165, 1.54) is 0 Å². The van der Waals surface area contributed by atoms with E-state index in [-0.39, 0.29) is 0 Å². The largest absolute Gasteiger partial charge is 0.492 e. The van der Waals surface area contributed by atoms with Crippen molar-refractivity contribution in [1.29, 1.82) is 0 Å². The van der Waals surface area contributed by atoms with Crippen LogP contribution in [0.15, 0.2) is 36.4 Å². The first-order valence-electron chi connectivity index (χ1n) is 5.68. The fourth-order valence-electron chi connectivity index (χ4n) is 1.79. The van der Waals surface area contributed by atoms with E-state index in [9.17, 15) is 0 Å². The third-order valence-electron chi connectivity index (χ3n) is 2.66. The molecule has 89 valence electrons. The van der Waals surface area contributed by atoms with Gasteiger partial charge in [-0.1, -0.05) is 30.3 Å². The number of H-pyrrole nitrogens is 1. The number of tetrazole rings is 1. The van der Waals surface area contributed by atoms with Crippen LogP contribution in [0.3, 0.4) is 0 Å². The van der Waals surface area contributed by atoms with Crippen LogP contribution in [0.2, 0.25) is 0 Å². The normalized spacial score (nSPS) is 10.7. The van der Waals surface area contributed by atoms with E-state index in [0.29, 0.717) is 13.0 Å². The van der Waals surface area contributed by atoms with Crippen LogP contribution in [0.5, 0.6) is 5.75 Å². The van der Waals surface area contributed by atoms with E-state index in [2.05, 4.69) is 32.8 Å². The second-order valence-corrected chi connectivity index (χ2v) is 3.84. The lowest BCUT2D eigenvalue weighted by Crippen LogP contribution is -2.03. The van der Waals surface area contributed by atoms with Gasteiger partial charge in [0.15, 0.2) is 5.82 Å². The molecule has 0 amide bonds. The molecule has 1 radical (unpaired) electrons. The van der Waals surface area contributed by atoms with Gasteiger partial charge in [0.1, 0.15) is 5.75 Å². The molecule has 5 nitrogen and oxygen atoms in total. The van der Waals surface area contributed by atoms with Crippen molar-refractivity contribution < 1.29 is 4.74 Å². The number of benzene rings is 2. The van der Waals surface area contributed by atoms with Crippen molar-refractivity contribution in [3.8, 4) is 5.75 Å². The van der Waals surface area contributed by atoms with Gasteiger partial charge in [-0.05, 0) is 21.9 Å². The molecule has 0 saturated heterocycles. The SMILES string of the molecule is [c]1ccc2ccccc2c1OCCc1nnn[nH]1. The molecule has 1 aromatic heterocycles. The van der Waals surface area contributed by atoms with Gasteiger partial charge in [0.05, 0.1) is 6.61 Å². The van der Waals surface area contributed by atoms with Crippen LogP contribution >= 0.6 is 0 Å². The lowest BCUT2D eigenvalue weighted by atomic mass is 10.1. The van der Waals surface area contributed by atoms with Gasteiger partial charge < -0.3 is 4.74 Å². The van der Waals surface area contributed by atoms with Crippen molar-refractivity contribution in [3.05, 3.63) is 48.3 Å². The van der Waals surface area contributed by atoms with E-state index < -0.39 is 0 Å². The summed E-state index contributed by atoms with van der Waals surface area (Å²) < 4.78 is 5.72. The molecule has 1 N–H and O–H groups in total. The smallest absolute Gasteiger partial charge is 0.151 e. The van der Waals surface area contributed by atoms with Crippen LogP contribution in [-0.2, 0) is 6.42 Å². The van der Waals surface area contributed by atoms with Gasteiger partial charge in [0.2, 0.25) is 0 Å². The summed E-state index contributed by atoms with van der Waals surface area (Å²) in [6.07, 6.45) is 0.643. The third-order valence-corrected chi connectivity index (χ3v) is 2.66. The maximum absolute atomic E-state index is 5.72. The first kappa shape index (κ1) is 10.7. The van der Waals surface area contributed by atoms with Crippen molar-refractivity contribution in [2.45, 2.75) is 6.42 Å². The monoisotopic (exact) mass is 239 g/mol. The maximum atomic E-state index is 5.72. The highest BCUT2D eigenvalue weighted by Gasteiger charge is 2.02. The lowest BCUT2D eigenvalue weighted by Gasteiger charge is -2.07. The van der Waals surface area contributed by atoms with Gasteiger partial charge in [0.25, 0.3) is 0 Å². The summed E-state index contributed by atoms with van der Waals surface area (Å²) in [5.74, 6) is 1.48. The highest BCUT2D eigenvalue weighted by atomic mass is 16.5. The Kier molecular flexibility index (Phi) is 2.87. The summed E-state index contributed by atoms with van der Waals surface area (Å²) in [6, 6.07) is 15.1. The second kappa shape index (κ2) is 4.83. The zero-order chi connectivity index (χ0) is 12.2. The Morgan fingerprint density at radius 1 is 1.22 bits per heavy atom. The van der Waals surface area contributed by atoms with E-state index in [1.54, 1.807) is 0 Å². The summed E-state index contributed by atoms with van der Waals surface area (Å²) >= 11 is 0. The lowest BCUT2D eigenvalue weighted by molar-refractivity contribution is 0.322. The van der Waals surface area contributed by atoms with Gasteiger partial charge in [0, 0.05) is 17.9 Å². The molecule has 0 atom stereocenters. The summed E-state index contributed by atoms with van der Waals surface area (Å²) in [7, 11) is 0. The molecule has 5 heteroatoms. The molecule has 1 heterocycles. The predicted molar refractivity (Wildman–Crippen MR) is 66.2 cm³/mol. The fraction of sp³-hybridized carbons (Fsp3) is 0.154. The number of nitrogens with zero attached hydrogens (tertiary/aromatic N) is 3. The first-order chi connectivity index (χ1) is 8.93. The highest BCUT2D eigenvalue weighted by Crippen LogP contribution is 2.24. The highest BCUT2D eigenvalue weighted by molar-refractivity contribution is 5.87. The van der Waals surface area contributed by atoms with Crippen molar-refractivity contribution in [2.24, 2.45) is 0 Å². The molecule has 0 saturated carbocycles. The van der Waals surface area contributed by atoms with Crippen molar-refractivity contribution >= 4 is 10.8 Å². The summed E-state index contributed by atoms with van der Waals surface area (Å²) in [6.45, 7) is 0.515. The van der Waals surface area contributed by atoms with Crippen LogP contribution in [0.25, 0.3) is 10.8 Å².